The fourth-order valence-corrected chi connectivity index (χ4v) is 3.64. The SMILES string of the molecule is CCOC(OCC)C1=C(CC)C(c2cccc(O)c2)C(CC)=C(C)N1. The number of aromatic hydroxyl groups is 1. The van der Waals surface area contributed by atoms with Crippen LogP contribution in [0.4, 0.5) is 0 Å². The first kappa shape index (κ1) is 19.5. The van der Waals surface area contributed by atoms with Crippen LogP contribution in [-0.4, -0.2) is 24.6 Å². The van der Waals surface area contributed by atoms with Crippen molar-refractivity contribution in [1.29, 1.82) is 0 Å². The van der Waals surface area contributed by atoms with Gasteiger partial charge in [0.1, 0.15) is 5.75 Å². The summed E-state index contributed by atoms with van der Waals surface area (Å²) in [7, 11) is 0. The zero-order chi connectivity index (χ0) is 18.4. The van der Waals surface area contributed by atoms with E-state index >= 15 is 0 Å². The first-order chi connectivity index (χ1) is 12.1. The summed E-state index contributed by atoms with van der Waals surface area (Å²) in [5.41, 5.74) is 5.87. The van der Waals surface area contributed by atoms with Crippen molar-refractivity contribution in [3.63, 3.8) is 0 Å². The molecule has 0 spiro atoms. The minimum Gasteiger partial charge on any atom is -0.508 e. The zero-order valence-corrected chi connectivity index (χ0v) is 16.1. The molecule has 25 heavy (non-hydrogen) atoms. The van der Waals surface area contributed by atoms with E-state index in [9.17, 15) is 5.11 Å². The Kier molecular flexibility index (Phi) is 7.09. The standard InChI is InChI=1S/C21H31NO3/c1-6-17-14(5)22-20(21(24-8-3)25-9-4)18(7-2)19(17)15-11-10-12-16(23)13-15/h10-13,19,21-23H,6-9H2,1-5H3. The van der Waals surface area contributed by atoms with E-state index in [2.05, 4.69) is 32.2 Å². The van der Waals surface area contributed by atoms with Crippen molar-refractivity contribution in [1.82, 2.24) is 5.32 Å². The van der Waals surface area contributed by atoms with Gasteiger partial charge in [-0.05, 0) is 62.5 Å². The number of allylic oxidation sites excluding steroid dienone is 3. The summed E-state index contributed by atoms with van der Waals surface area (Å²) in [5, 5.41) is 13.5. The van der Waals surface area contributed by atoms with Gasteiger partial charge in [-0.2, -0.15) is 0 Å². The van der Waals surface area contributed by atoms with E-state index < -0.39 is 6.29 Å². The van der Waals surface area contributed by atoms with Crippen molar-refractivity contribution in [2.24, 2.45) is 0 Å². The highest BCUT2D eigenvalue weighted by atomic mass is 16.7. The molecular formula is C21H31NO3. The lowest BCUT2D eigenvalue weighted by Crippen LogP contribution is -2.35. The normalized spacial score (nSPS) is 18.1. The largest absolute Gasteiger partial charge is 0.508 e. The molecule has 0 fully saturated rings. The maximum absolute atomic E-state index is 9.97. The Labute approximate surface area is 151 Å². The number of hydrogen-bond acceptors (Lipinski definition) is 4. The van der Waals surface area contributed by atoms with Crippen LogP contribution < -0.4 is 5.32 Å². The Morgan fingerprint density at radius 2 is 1.68 bits per heavy atom. The smallest absolute Gasteiger partial charge is 0.198 e. The molecule has 1 aromatic rings. The van der Waals surface area contributed by atoms with E-state index in [1.165, 1.54) is 11.1 Å². The predicted molar refractivity (Wildman–Crippen MR) is 101 cm³/mol. The summed E-state index contributed by atoms with van der Waals surface area (Å²) in [6.45, 7) is 11.6. The van der Waals surface area contributed by atoms with Crippen LogP contribution in [0.1, 0.15) is 58.9 Å². The topological polar surface area (TPSA) is 50.7 Å². The van der Waals surface area contributed by atoms with E-state index in [4.69, 9.17) is 9.47 Å². The average Bonchev–Trinajstić information content (AvgIpc) is 2.60. The Hall–Kier alpha value is -1.78. The lowest BCUT2D eigenvalue weighted by Gasteiger charge is -2.36. The molecule has 138 valence electrons. The fraction of sp³-hybridized carbons (Fsp3) is 0.524. The summed E-state index contributed by atoms with van der Waals surface area (Å²) >= 11 is 0. The number of benzene rings is 1. The third-order valence-corrected chi connectivity index (χ3v) is 4.68. The van der Waals surface area contributed by atoms with E-state index in [0.29, 0.717) is 19.0 Å². The molecule has 0 radical (unpaired) electrons. The third kappa shape index (κ3) is 4.25. The number of nitrogens with one attached hydrogen (secondary N) is 1. The molecule has 0 aliphatic carbocycles. The van der Waals surface area contributed by atoms with Crippen molar-refractivity contribution in [3.05, 3.63) is 52.4 Å². The monoisotopic (exact) mass is 345 g/mol. The molecule has 0 aromatic heterocycles. The van der Waals surface area contributed by atoms with E-state index in [1.807, 2.05) is 26.0 Å². The number of rotatable bonds is 8. The summed E-state index contributed by atoms with van der Waals surface area (Å²) < 4.78 is 11.7. The first-order valence-corrected chi connectivity index (χ1v) is 9.28. The van der Waals surface area contributed by atoms with Gasteiger partial charge in [-0.1, -0.05) is 26.0 Å². The molecule has 2 N–H and O–H groups in total. The molecule has 0 amide bonds. The van der Waals surface area contributed by atoms with Crippen LogP contribution in [0.3, 0.4) is 0 Å². The number of dihydropyridines is 1. The molecule has 0 bridgehead atoms. The molecule has 4 nitrogen and oxygen atoms in total. The second kappa shape index (κ2) is 9.07. The Morgan fingerprint density at radius 3 is 2.20 bits per heavy atom. The average molecular weight is 345 g/mol. The van der Waals surface area contributed by atoms with Gasteiger partial charge < -0.3 is 19.9 Å². The van der Waals surface area contributed by atoms with Gasteiger partial charge in [-0.25, -0.2) is 0 Å². The lowest BCUT2D eigenvalue weighted by molar-refractivity contribution is -0.115. The minimum absolute atomic E-state index is 0.141. The maximum atomic E-state index is 9.97. The van der Waals surface area contributed by atoms with Gasteiger partial charge in [-0.15, -0.1) is 0 Å². The van der Waals surface area contributed by atoms with Crippen LogP contribution >= 0.6 is 0 Å². The zero-order valence-electron chi connectivity index (χ0n) is 16.1. The van der Waals surface area contributed by atoms with Gasteiger partial charge in [0, 0.05) is 24.8 Å². The van der Waals surface area contributed by atoms with Crippen LogP contribution in [-0.2, 0) is 9.47 Å². The molecule has 1 aromatic carbocycles. The van der Waals surface area contributed by atoms with Gasteiger partial charge in [-0.3, -0.25) is 0 Å². The second-order valence-electron chi connectivity index (χ2n) is 6.19. The minimum atomic E-state index is -0.391. The van der Waals surface area contributed by atoms with Crippen LogP contribution in [0.25, 0.3) is 0 Å². The molecule has 1 aliphatic rings. The van der Waals surface area contributed by atoms with Gasteiger partial charge >= 0.3 is 0 Å². The van der Waals surface area contributed by atoms with Crippen molar-refractivity contribution >= 4 is 0 Å². The lowest BCUT2D eigenvalue weighted by atomic mass is 9.78. The molecule has 1 unspecified atom stereocenters. The van der Waals surface area contributed by atoms with Crippen LogP contribution in [0, 0.1) is 0 Å². The summed E-state index contributed by atoms with van der Waals surface area (Å²) in [6.07, 6.45) is 1.44. The van der Waals surface area contributed by atoms with Crippen molar-refractivity contribution in [3.8, 4) is 5.75 Å². The van der Waals surface area contributed by atoms with Crippen LogP contribution in [0.15, 0.2) is 46.8 Å². The van der Waals surface area contributed by atoms with Gasteiger partial charge in [0.25, 0.3) is 0 Å². The second-order valence-corrected chi connectivity index (χ2v) is 6.19. The quantitative estimate of drug-likeness (QED) is 0.663. The molecular weight excluding hydrogens is 314 g/mol. The van der Waals surface area contributed by atoms with Crippen molar-refractivity contribution in [2.75, 3.05) is 13.2 Å². The van der Waals surface area contributed by atoms with Crippen molar-refractivity contribution in [2.45, 2.75) is 59.7 Å². The summed E-state index contributed by atoms with van der Waals surface area (Å²) in [4.78, 5) is 0. The van der Waals surface area contributed by atoms with E-state index in [0.717, 1.165) is 29.8 Å². The molecule has 1 atom stereocenters. The van der Waals surface area contributed by atoms with E-state index in [-0.39, 0.29) is 5.92 Å². The molecule has 0 saturated carbocycles. The Morgan fingerprint density at radius 1 is 1.04 bits per heavy atom. The van der Waals surface area contributed by atoms with Crippen LogP contribution in [0.2, 0.25) is 0 Å². The highest BCUT2D eigenvalue weighted by Crippen LogP contribution is 2.42. The number of hydrogen-bond donors (Lipinski definition) is 2. The first-order valence-electron chi connectivity index (χ1n) is 9.28. The maximum Gasteiger partial charge on any atom is 0.198 e. The van der Waals surface area contributed by atoms with Crippen LogP contribution in [0.5, 0.6) is 5.75 Å². The molecule has 4 heteroatoms. The van der Waals surface area contributed by atoms with Gasteiger partial charge in [0.15, 0.2) is 6.29 Å². The Balaban J connectivity index is 2.58. The summed E-state index contributed by atoms with van der Waals surface area (Å²) in [5.74, 6) is 0.439. The molecule has 2 rings (SSSR count). The predicted octanol–water partition coefficient (Wildman–Crippen LogP) is 4.83. The van der Waals surface area contributed by atoms with Gasteiger partial charge in [0.05, 0.1) is 5.70 Å². The number of ether oxygens (including phenoxy) is 2. The molecule has 0 saturated heterocycles. The molecule has 1 aliphatic heterocycles. The summed E-state index contributed by atoms with van der Waals surface area (Å²) in [6, 6.07) is 7.57. The van der Waals surface area contributed by atoms with E-state index in [1.54, 1.807) is 6.07 Å². The highest BCUT2D eigenvalue weighted by Gasteiger charge is 2.32. The third-order valence-electron chi connectivity index (χ3n) is 4.68. The van der Waals surface area contributed by atoms with Crippen molar-refractivity contribution < 1.29 is 14.6 Å². The number of phenols is 1. The Bertz CT molecular complexity index is 642. The number of phenolic OH excluding ortho intramolecular Hbond substituents is 1. The highest BCUT2D eigenvalue weighted by molar-refractivity contribution is 5.47. The fourth-order valence-electron chi connectivity index (χ4n) is 3.64. The molecule has 1 heterocycles. The van der Waals surface area contributed by atoms with Gasteiger partial charge in [0.2, 0.25) is 0 Å².